The van der Waals surface area contributed by atoms with Crippen LogP contribution in [-0.4, -0.2) is 41.0 Å². The summed E-state index contributed by atoms with van der Waals surface area (Å²) in [6, 6.07) is 6.70. The highest BCUT2D eigenvalue weighted by Gasteiger charge is 2.03. The number of hydrogen-bond donors (Lipinski definition) is 2. The second kappa shape index (κ2) is 5.98. The summed E-state index contributed by atoms with van der Waals surface area (Å²) in [6.07, 6.45) is 3.85. The summed E-state index contributed by atoms with van der Waals surface area (Å²) in [5.41, 5.74) is 9.26. The highest BCUT2D eigenvalue weighted by Crippen LogP contribution is 2.12. The minimum atomic E-state index is 0.286. The van der Waals surface area contributed by atoms with Gasteiger partial charge in [-0.25, -0.2) is 4.98 Å². The molecule has 0 radical (unpaired) electrons. The van der Waals surface area contributed by atoms with E-state index in [-0.39, 0.29) is 6.04 Å². The number of nitrogens with zero attached hydrogens (tertiary/aromatic N) is 2. The van der Waals surface area contributed by atoms with Gasteiger partial charge < -0.3 is 15.6 Å². The van der Waals surface area contributed by atoms with Crippen molar-refractivity contribution >= 4 is 11.0 Å². The van der Waals surface area contributed by atoms with E-state index in [4.69, 9.17) is 5.73 Å². The molecular weight excluding hydrogens is 224 g/mol. The molecule has 2 rings (SSSR count). The molecule has 0 aliphatic carbocycles. The minimum absolute atomic E-state index is 0.286. The van der Waals surface area contributed by atoms with E-state index < -0.39 is 0 Å². The summed E-state index contributed by atoms with van der Waals surface area (Å²) in [7, 11) is 2.15. The van der Waals surface area contributed by atoms with Crippen molar-refractivity contribution in [3.8, 4) is 0 Å². The first-order chi connectivity index (χ1) is 8.65. The fraction of sp³-hybridized carbons (Fsp3) is 0.500. The molecule has 1 aromatic carbocycles. The predicted octanol–water partition coefficient (Wildman–Crippen LogP) is 1.77. The molecule has 1 atom stereocenters. The SMILES string of the molecule is CC(N)CCN(C)CCc1ccc2nc[nH]c2c1. The molecule has 1 unspecified atom stereocenters. The van der Waals surface area contributed by atoms with Gasteiger partial charge in [0.15, 0.2) is 0 Å². The first kappa shape index (κ1) is 13.1. The molecule has 4 heteroatoms. The number of aromatic amines is 1. The van der Waals surface area contributed by atoms with Gasteiger partial charge in [-0.15, -0.1) is 0 Å². The topological polar surface area (TPSA) is 57.9 Å². The Morgan fingerprint density at radius 2 is 2.22 bits per heavy atom. The van der Waals surface area contributed by atoms with Crippen molar-refractivity contribution in [2.24, 2.45) is 5.73 Å². The number of nitrogens with two attached hydrogens (primary N) is 1. The lowest BCUT2D eigenvalue weighted by Gasteiger charge is -2.17. The van der Waals surface area contributed by atoms with E-state index >= 15 is 0 Å². The van der Waals surface area contributed by atoms with E-state index in [1.807, 2.05) is 0 Å². The predicted molar refractivity (Wildman–Crippen MR) is 75.6 cm³/mol. The Morgan fingerprint density at radius 3 is 3.00 bits per heavy atom. The van der Waals surface area contributed by atoms with Gasteiger partial charge in [0.1, 0.15) is 0 Å². The highest BCUT2D eigenvalue weighted by molar-refractivity contribution is 5.75. The van der Waals surface area contributed by atoms with Crippen LogP contribution in [0.1, 0.15) is 18.9 Å². The molecule has 1 heterocycles. The molecule has 2 aromatic rings. The Balaban J connectivity index is 1.85. The van der Waals surface area contributed by atoms with Crippen LogP contribution in [0.3, 0.4) is 0 Å². The van der Waals surface area contributed by atoms with Gasteiger partial charge in [-0.1, -0.05) is 6.07 Å². The van der Waals surface area contributed by atoms with Gasteiger partial charge in [0.25, 0.3) is 0 Å². The number of likely N-dealkylation sites (N-methyl/N-ethyl adjacent to an activating group) is 1. The molecule has 1 aromatic heterocycles. The molecule has 98 valence electrons. The third-order valence-corrected chi connectivity index (χ3v) is 3.23. The fourth-order valence-corrected chi connectivity index (χ4v) is 1.99. The smallest absolute Gasteiger partial charge is 0.0931 e. The maximum atomic E-state index is 5.76. The molecule has 0 saturated carbocycles. The normalized spacial score (nSPS) is 13.3. The molecule has 0 aliphatic rings. The Bertz CT molecular complexity index is 489. The van der Waals surface area contributed by atoms with Crippen LogP contribution in [0.4, 0.5) is 0 Å². The average Bonchev–Trinajstić information content (AvgIpc) is 2.81. The second-order valence-corrected chi connectivity index (χ2v) is 5.07. The van der Waals surface area contributed by atoms with Crippen LogP contribution in [0.15, 0.2) is 24.5 Å². The summed E-state index contributed by atoms with van der Waals surface area (Å²) in [6.45, 7) is 4.18. The lowest BCUT2D eigenvalue weighted by Crippen LogP contribution is -2.27. The zero-order valence-corrected chi connectivity index (χ0v) is 11.2. The Kier molecular flexibility index (Phi) is 4.33. The van der Waals surface area contributed by atoms with Gasteiger partial charge >= 0.3 is 0 Å². The first-order valence-corrected chi connectivity index (χ1v) is 6.51. The average molecular weight is 246 g/mol. The third kappa shape index (κ3) is 3.55. The molecule has 18 heavy (non-hydrogen) atoms. The van der Waals surface area contributed by atoms with Gasteiger partial charge in [-0.2, -0.15) is 0 Å². The number of fused-ring (bicyclic) bond motifs is 1. The molecule has 3 N–H and O–H groups in total. The van der Waals surface area contributed by atoms with E-state index in [2.05, 4.69) is 47.0 Å². The summed E-state index contributed by atoms with van der Waals surface area (Å²) >= 11 is 0. The number of benzene rings is 1. The van der Waals surface area contributed by atoms with E-state index in [1.165, 1.54) is 5.56 Å². The third-order valence-electron chi connectivity index (χ3n) is 3.23. The van der Waals surface area contributed by atoms with Gasteiger partial charge in [0.2, 0.25) is 0 Å². The van der Waals surface area contributed by atoms with Gasteiger partial charge in [0.05, 0.1) is 17.4 Å². The van der Waals surface area contributed by atoms with Gasteiger partial charge in [0, 0.05) is 12.6 Å². The molecule has 0 amide bonds. The van der Waals surface area contributed by atoms with Crippen LogP contribution >= 0.6 is 0 Å². The largest absolute Gasteiger partial charge is 0.345 e. The number of rotatable bonds is 6. The van der Waals surface area contributed by atoms with E-state index in [0.29, 0.717) is 0 Å². The van der Waals surface area contributed by atoms with Gasteiger partial charge in [-0.3, -0.25) is 0 Å². The van der Waals surface area contributed by atoms with Crippen LogP contribution in [0.2, 0.25) is 0 Å². The summed E-state index contributed by atoms with van der Waals surface area (Å²) in [4.78, 5) is 9.70. The van der Waals surface area contributed by atoms with Crippen molar-refractivity contribution in [3.05, 3.63) is 30.1 Å². The van der Waals surface area contributed by atoms with Crippen molar-refractivity contribution in [1.29, 1.82) is 0 Å². The Labute approximate surface area is 108 Å². The fourth-order valence-electron chi connectivity index (χ4n) is 1.99. The molecule has 0 spiro atoms. The van der Waals surface area contributed by atoms with Crippen molar-refractivity contribution in [2.75, 3.05) is 20.1 Å². The van der Waals surface area contributed by atoms with Crippen molar-refractivity contribution in [1.82, 2.24) is 14.9 Å². The first-order valence-electron chi connectivity index (χ1n) is 6.51. The lowest BCUT2D eigenvalue weighted by molar-refractivity contribution is 0.324. The number of hydrogen-bond acceptors (Lipinski definition) is 3. The minimum Gasteiger partial charge on any atom is -0.345 e. The lowest BCUT2D eigenvalue weighted by atomic mass is 10.1. The zero-order valence-electron chi connectivity index (χ0n) is 11.2. The quantitative estimate of drug-likeness (QED) is 0.816. The molecule has 0 bridgehead atoms. The number of nitrogens with one attached hydrogen (secondary N) is 1. The maximum Gasteiger partial charge on any atom is 0.0931 e. The number of H-pyrrole nitrogens is 1. The van der Waals surface area contributed by atoms with Crippen LogP contribution in [0.25, 0.3) is 11.0 Å². The monoisotopic (exact) mass is 246 g/mol. The molecule has 0 saturated heterocycles. The van der Waals surface area contributed by atoms with E-state index in [0.717, 1.165) is 37.0 Å². The number of aromatic nitrogens is 2. The second-order valence-electron chi connectivity index (χ2n) is 5.07. The van der Waals surface area contributed by atoms with Crippen LogP contribution in [0, 0.1) is 0 Å². The Hall–Kier alpha value is -1.39. The molecule has 0 aliphatic heterocycles. The standard InChI is InChI=1S/C14H22N4/c1-11(15)5-7-18(2)8-6-12-3-4-13-14(9-12)17-10-16-13/h3-4,9-11H,5-8,15H2,1-2H3,(H,16,17). The van der Waals surface area contributed by atoms with Crippen molar-refractivity contribution < 1.29 is 0 Å². The zero-order chi connectivity index (χ0) is 13.0. The Morgan fingerprint density at radius 1 is 1.39 bits per heavy atom. The molecule has 4 nitrogen and oxygen atoms in total. The molecule has 0 fully saturated rings. The van der Waals surface area contributed by atoms with Crippen LogP contribution < -0.4 is 5.73 Å². The summed E-state index contributed by atoms with van der Waals surface area (Å²) < 4.78 is 0. The maximum absolute atomic E-state index is 5.76. The molecular formula is C14H22N4. The number of imidazole rings is 1. The summed E-state index contributed by atoms with van der Waals surface area (Å²) in [5, 5.41) is 0. The summed E-state index contributed by atoms with van der Waals surface area (Å²) in [5.74, 6) is 0. The van der Waals surface area contributed by atoms with Crippen LogP contribution in [0.5, 0.6) is 0 Å². The van der Waals surface area contributed by atoms with Crippen LogP contribution in [-0.2, 0) is 6.42 Å². The van der Waals surface area contributed by atoms with E-state index in [9.17, 15) is 0 Å². The van der Waals surface area contributed by atoms with Gasteiger partial charge in [-0.05, 0) is 51.1 Å². The van der Waals surface area contributed by atoms with Crippen molar-refractivity contribution in [2.45, 2.75) is 25.8 Å². The van der Waals surface area contributed by atoms with E-state index in [1.54, 1.807) is 6.33 Å². The van der Waals surface area contributed by atoms with Crippen molar-refractivity contribution in [3.63, 3.8) is 0 Å². The highest BCUT2D eigenvalue weighted by atomic mass is 15.1.